The lowest BCUT2D eigenvalue weighted by Crippen LogP contribution is -1.80. The number of thioether (sulfide) groups is 1. The smallest absolute Gasteiger partial charge is 0.133 e. The number of para-hydroxylation sites is 1. The molecule has 0 aromatic heterocycles. The first kappa shape index (κ1) is 7.48. The maximum absolute atomic E-state index is 4.87. The highest BCUT2D eigenvalue weighted by Crippen LogP contribution is 2.26. The zero-order valence-electron chi connectivity index (χ0n) is 5.83. The molecule has 0 atom stereocenters. The Balaban J connectivity index is 2.96. The Labute approximate surface area is 65.4 Å². The van der Waals surface area contributed by atoms with Gasteiger partial charge in [-0.2, -0.15) is 0 Å². The van der Waals surface area contributed by atoms with Crippen LogP contribution >= 0.6 is 11.8 Å². The third kappa shape index (κ3) is 1.45. The van der Waals surface area contributed by atoms with Gasteiger partial charge in [0.05, 0.1) is 0 Å². The van der Waals surface area contributed by atoms with Gasteiger partial charge in [-0.05, 0) is 18.4 Å². The molecule has 53 valence electrons. The highest BCUT2D eigenvalue weighted by Gasteiger charge is 1.96. The minimum atomic E-state index is 0.843. The Morgan fingerprint density at radius 2 is 2.10 bits per heavy atom. The van der Waals surface area contributed by atoms with Crippen LogP contribution in [0.4, 0.5) is 0 Å². The van der Waals surface area contributed by atoms with Gasteiger partial charge in [0, 0.05) is 4.90 Å². The summed E-state index contributed by atoms with van der Waals surface area (Å²) in [6.45, 7) is 0. The summed E-state index contributed by atoms with van der Waals surface area (Å²) in [5.74, 6) is 0.843. The lowest BCUT2D eigenvalue weighted by molar-refractivity contribution is 0.461. The molecule has 1 aromatic carbocycles. The van der Waals surface area contributed by atoms with Crippen LogP contribution in [0.25, 0.3) is 0 Å². The maximum atomic E-state index is 4.87. The molecule has 0 aliphatic heterocycles. The molecule has 0 bridgehead atoms. The van der Waals surface area contributed by atoms with E-state index in [-0.39, 0.29) is 0 Å². The predicted octanol–water partition coefficient (Wildman–Crippen LogP) is 2.58. The van der Waals surface area contributed by atoms with E-state index in [2.05, 4.69) is 7.11 Å². The van der Waals surface area contributed by atoms with Crippen molar-refractivity contribution in [2.45, 2.75) is 4.90 Å². The van der Waals surface area contributed by atoms with Crippen molar-refractivity contribution in [2.24, 2.45) is 0 Å². The molecule has 1 rings (SSSR count). The second-order valence-electron chi connectivity index (χ2n) is 1.80. The van der Waals surface area contributed by atoms with E-state index < -0.39 is 0 Å². The molecular weight excluding hydrogens is 144 g/mol. The quantitative estimate of drug-likeness (QED) is 0.604. The fourth-order valence-electron chi connectivity index (χ4n) is 0.738. The van der Waals surface area contributed by atoms with Gasteiger partial charge in [-0.25, -0.2) is 0 Å². The van der Waals surface area contributed by atoms with Crippen LogP contribution in [0.1, 0.15) is 0 Å². The zero-order valence-corrected chi connectivity index (χ0v) is 6.65. The molecule has 0 spiro atoms. The Kier molecular flexibility index (Phi) is 2.63. The van der Waals surface area contributed by atoms with Gasteiger partial charge in [-0.3, -0.25) is 0 Å². The van der Waals surface area contributed by atoms with Gasteiger partial charge >= 0.3 is 0 Å². The van der Waals surface area contributed by atoms with Crippen molar-refractivity contribution in [3.8, 4) is 5.75 Å². The first-order valence-corrected chi connectivity index (χ1v) is 4.16. The van der Waals surface area contributed by atoms with E-state index in [1.54, 1.807) is 11.8 Å². The van der Waals surface area contributed by atoms with Crippen molar-refractivity contribution in [3.05, 3.63) is 31.4 Å². The van der Waals surface area contributed by atoms with Crippen LogP contribution in [0.3, 0.4) is 0 Å². The number of hydrogen-bond donors (Lipinski definition) is 0. The third-order valence-corrected chi connectivity index (χ3v) is 2.00. The van der Waals surface area contributed by atoms with Gasteiger partial charge < -0.3 is 4.74 Å². The van der Waals surface area contributed by atoms with E-state index in [4.69, 9.17) is 4.74 Å². The van der Waals surface area contributed by atoms with Crippen molar-refractivity contribution in [1.29, 1.82) is 0 Å². The van der Waals surface area contributed by atoms with E-state index in [0.717, 1.165) is 10.6 Å². The second kappa shape index (κ2) is 3.52. The Bertz CT molecular complexity index is 187. The molecule has 0 fully saturated rings. The number of rotatable bonds is 2. The highest BCUT2D eigenvalue weighted by molar-refractivity contribution is 7.98. The first-order chi connectivity index (χ1) is 4.88. The molecular formula is C8H9OS. The molecule has 0 N–H and O–H groups in total. The van der Waals surface area contributed by atoms with Gasteiger partial charge in [0.15, 0.2) is 0 Å². The van der Waals surface area contributed by atoms with Crippen LogP contribution in [0.2, 0.25) is 0 Å². The summed E-state index contributed by atoms with van der Waals surface area (Å²) in [4.78, 5) is 1.12. The number of ether oxygens (including phenoxy) is 1. The van der Waals surface area contributed by atoms with Crippen LogP contribution in [0.15, 0.2) is 29.2 Å². The second-order valence-corrected chi connectivity index (χ2v) is 2.64. The van der Waals surface area contributed by atoms with E-state index in [1.807, 2.05) is 30.5 Å². The van der Waals surface area contributed by atoms with E-state index >= 15 is 0 Å². The monoisotopic (exact) mass is 153 g/mol. The fraction of sp³-hybridized carbons (Fsp3) is 0.125. The summed E-state index contributed by atoms with van der Waals surface area (Å²) in [5.41, 5.74) is 0. The average molecular weight is 153 g/mol. The van der Waals surface area contributed by atoms with Crippen LogP contribution in [-0.2, 0) is 0 Å². The lowest BCUT2D eigenvalue weighted by Gasteiger charge is -2.02. The van der Waals surface area contributed by atoms with E-state index in [1.165, 1.54) is 0 Å². The number of benzene rings is 1. The highest BCUT2D eigenvalue weighted by atomic mass is 32.2. The molecule has 1 aromatic rings. The molecule has 0 heterocycles. The summed E-state index contributed by atoms with van der Waals surface area (Å²) in [5, 5.41) is 0. The van der Waals surface area contributed by atoms with Gasteiger partial charge in [-0.1, -0.05) is 12.1 Å². The SMILES string of the molecule is [CH2]Oc1ccccc1SC. The summed E-state index contributed by atoms with van der Waals surface area (Å²) >= 11 is 1.65. The normalized spacial score (nSPS) is 9.40. The van der Waals surface area contributed by atoms with Crippen molar-refractivity contribution < 1.29 is 4.74 Å². The summed E-state index contributed by atoms with van der Waals surface area (Å²) in [6, 6.07) is 7.82. The predicted molar refractivity (Wildman–Crippen MR) is 44.2 cm³/mol. The van der Waals surface area contributed by atoms with Gasteiger partial charge in [0.25, 0.3) is 0 Å². The van der Waals surface area contributed by atoms with E-state index in [0.29, 0.717) is 0 Å². The molecule has 0 unspecified atom stereocenters. The summed E-state index contributed by atoms with van der Waals surface area (Å²) in [6.07, 6.45) is 2.01. The molecule has 0 saturated carbocycles. The molecule has 0 aliphatic rings. The molecule has 1 nitrogen and oxygen atoms in total. The van der Waals surface area contributed by atoms with Crippen molar-refractivity contribution in [1.82, 2.24) is 0 Å². The Morgan fingerprint density at radius 3 is 2.60 bits per heavy atom. The maximum Gasteiger partial charge on any atom is 0.133 e. The fourth-order valence-corrected chi connectivity index (χ4v) is 1.28. The summed E-state index contributed by atoms with van der Waals surface area (Å²) in [7, 11) is 3.35. The number of hydrogen-bond acceptors (Lipinski definition) is 2. The van der Waals surface area contributed by atoms with Crippen molar-refractivity contribution in [3.63, 3.8) is 0 Å². The van der Waals surface area contributed by atoms with Crippen LogP contribution in [-0.4, -0.2) is 6.26 Å². The van der Waals surface area contributed by atoms with Crippen molar-refractivity contribution in [2.75, 3.05) is 6.26 Å². The summed E-state index contributed by atoms with van der Waals surface area (Å²) < 4.78 is 4.87. The largest absolute Gasteiger partial charge is 0.489 e. The van der Waals surface area contributed by atoms with Gasteiger partial charge in [0.1, 0.15) is 12.9 Å². The molecule has 1 radical (unpaired) electrons. The average Bonchev–Trinajstić information content (AvgIpc) is 2.04. The standard InChI is InChI=1S/C8H9OS/c1-9-7-5-3-4-6-8(7)10-2/h3-6H,1H2,2H3. The molecule has 0 aliphatic carbocycles. The minimum absolute atomic E-state index is 0.843. The van der Waals surface area contributed by atoms with Gasteiger partial charge in [0.2, 0.25) is 0 Å². The topological polar surface area (TPSA) is 9.23 Å². The molecule has 0 saturated heterocycles. The van der Waals surface area contributed by atoms with Crippen LogP contribution in [0, 0.1) is 7.11 Å². The molecule has 2 heteroatoms. The first-order valence-electron chi connectivity index (χ1n) is 2.93. The third-order valence-electron chi connectivity index (χ3n) is 1.22. The van der Waals surface area contributed by atoms with Crippen molar-refractivity contribution >= 4 is 11.8 Å². The van der Waals surface area contributed by atoms with Crippen LogP contribution in [0.5, 0.6) is 5.75 Å². The Morgan fingerprint density at radius 1 is 1.40 bits per heavy atom. The Hall–Kier alpha value is -0.630. The van der Waals surface area contributed by atoms with E-state index in [9.17, 15) is 0 Å². The molecule has 0 amide bonds. The zero-order chi connectivity index (χ0) is 7.40. The van der Waals surface area contributed by atoms with Gasteiger partial charge in [-0.15, -0.1) is 11.8 Å². The molecule has 10 heavy (non-hydrogen) atoms. The minimum Gasteiger partial charge on any atom is -0.489 e. The lowest BCUT2D eigenvalue weighted by atomic mass is 10.3. The van der Waals surface area contributed by atoms with Crippen LogP contribution < -0.4 is 4.74 Å².